The fourth-order valence-corrected chi connectivity index (χ4v) is 4.86. The number of halogens is 1. The highest BCUT2D eigenvalue weighted by Crippen LogP contribution is 2.36. The van der Waals surface area contributed by atoms with Crippen molar-refractivity contribution in [3.05, 3.63) is 50.3 Å². The minimum Gasteiger partial charge on any atom is -0.341 e. The largest absolute Gasteiger partial charge is 0.341 e. The summed E-state index contributed by atoms with van der Waals surface area (Å²) in [5, 5.41) is 0.599. The molecule has 0 radical (unpaired) electrons. The van der Waals surface area contributed by atoms with Crippen LogP contribution in [0.3, 0.4) is 0 Å². The number of fused-ring (bicyclic) bond motifs is 1. The molecular weight excluding hydrogens is 414 g/mol. The number of likely N-dealkylation sites (tertiary alicyclic amines) is 1. The Bertz CT molecular complexity index is 1050. The predicted octanol–water partition coefficient (Wildman–Crippen LogP) is 3.82. The van der Waals surface area contributed by atoms with Crippen molar-refractivity contribution in [1.82, 2.24) is 14.5 Å². The second-order valence-electron chi connectivity index (χ2n) is 6.49. The van der Waals surface area contributed by atoms with E-state index in [1.807, 2.05) is 36.1 Å². The number of aryl methyl sites for hydroxylation is 1. The molecule has 0 aliphatic carbocycles. The van der Waals surface area contributed by atoms with Crippen LogP contribution in [0.4, 0.5) is 0 Å². The summed E-state index contributed by atoms with van der Waals surface area (Å²) in [6.45, 7) is 3.62. The van der Waals surface area contributed by atoms with Crippen molar-refractivity contribution < 1.29 is 4.79 Å². The van der Waals surface area contributed by atoms with Crippen LogP contribution in [-0.2, 0) is 11.3 Å². The predicted molar refractivity (Wildman–Crippen MR) is 108 cm³/mol. The maximum atomic E-state index is 13.1. The Morgan fingerprint density at radius 3 is 2.81 bits per heavy atom. The minimum absolute atomic E-state index is 0.0123. The molecule has 26 heavy (non-hydrogen) atoms. The Morgan fingerprint density at radius 1 is 1.31 bits per heavy atom. The second-order valence-corrected chi connectivity index (χ2v) is 8.61. The molecule has 0 atom stereocenters. The summed E-state index contributed by atoms with van der Waals surface area (Å²) in [6, 6.07) is 7.90. The number of nitrogens with zero attached hydrogens (tertiary/aromatic N) is 3. The van der Waals surface area contributed by atoms with Crippen LogP contribution >= 0.6 is 27.3 Å². The molecule has 0 unspecified atom stereocenters. The number of carbonyl (C=O) groups is 1. The summed E-state index contributed by atoms with van der Waals surface area (Å²) in [5.41, 5.74) is 1.74. The lowest BCUT2D eigenvalue weighted by Gasteiger charge is -2.15. The smallest absolute Gasteiger partial charge is 0.263 e. The fraction of sp³-hybridized carbons (Fsp3) is 0.316. The lowest BCUT2D eigenvalue weighted by molar-refractivity contribution is -0.130. The second kappa shape index (κ2) is 6.96. The van der Waals surface area contributed by atoms with Gasteiger partial charge in [0.2, 0.25) is 5.91 Å². The minimum atomic E-state index is -0.151. The maximum Gasteiger partial charge on any atom is 0.263 e. The normalized spacial score (nSPS) is 14.3. The van der Waals surface area contributed by atoms with E-state index in [4.69, 9.17) is 0 Å². The van der Waals surface area contributed by atoms with Crippen LogP contribution in [0.25, 0.3) is 21.3 Å². The highest BCUT2D eigenvalue weighted by molar-refractivity contribution is 9.10. The third kappa shape index (κ3) is 3.10. The molecule has 2 aromatic heterocycles. The van der Waals surface area contributed by atoms with E-state index in [2.05, 4.69) is 20.9 Å². The van der Waals surface area contributed by atoms with E-state index in [-0.39, 0.29) is 18.0 Å². The first kappa shape index (κ1) is 17.4. The molecular formula is C19H18BrN3O2S. The molecule has 1 saturated heterocycles. The molecule has 0 N–H and O–H groups in total. The number of thiophene rings is 1. The number of rotatable bonds is 3. The maximum absolute atomic E-state index is 13.1. The number of benzene rings is 1. The van der Waals surface area contributed by atoms with Gasteiger partial charge in [0, 0.05) is 28.0 Å². The molecule has 0 spiro atoms. The van der Waals surface area contributed by atoms with E-state index >= 15 is 0 Å². The average Bonchev–Trinajstić information content (AvgIpc) is 3.25. The van der Waals surface area contributed by atoms with Crippen LogP contribution in [0.5, 0.6) is 0 Å². The van der Waals surface area contributed by atoms with E-state index in [0.717, 1.165) is 46.4 Å². The summed E-state index contributed by atoms with van der Waals surface area (Å²) in [7, 11) is 0. The zero-order chi connectivity index (χ0) is 18.3. The molecule has 1 aromatic carbocycles. The first-order chi connectivity index (χ1) is 12.5. The monoisotopic (exact) mass is 431 g/mol. The average molecular weight is 432 g/mol. The Hall–Kier alpha value is -1.99. The van der Waals surface area contributed by atoms with Crippen molar-refractivity contribution in [3.63, 3.8) is 0 Å². The Morgan fingerprint density at radius 2 is 2.08 bits per heavy atom. The third-order valence-corrected chi connectivity index (χ3v) is 6.24. The van der Waals surface area contributed by atoms with Crippen LogP contribution in [0.1, 0.15) is 17.7 Å². The Labute approximate surface area is 163 Å². The molecule has 1 aliphatic heterocycles. The van der Waals surface area contributed by atoms with E-state index in [9.17, 15) is 9.59 Å². The van der Waals surface area contributed by atoms with Gasteiger partial charge in [-0.05, 0) is 37.5 Å². The molecule has 3 aromatic rings. The van der Waals surface area contributed by atoms with Crippen LogP contribution in [0.15, 0.2) is 39.9 Å². The number of hydrogen-bond acceptors (Lipinski definition) is 4. The number of amides is 1. The zero-order valence-corrected chi connectivity index (χ0v) is 16.8. The van der Waals surface area contributed by atoms with Crippen LogP contribution in [-0.4, -0.2) is 33.4 Å². The molecule has 1 aliphatic rings. The van der Waals surface area contributed by atoms with Crippen molar-refractivity contribution >= 4 is 43.4 Å². The Balaban J connectivity index is 1.80. The molecule has 3 heterocycles. The summed E-state index contributed by atoms with van der Waals surface area (Å²) < 4.78 is 2.40. The van der Waals surface area contributed by atoms with Gasteiger partial charge < -0.3 is 4.90 Å². The lowest BCUT2D eigenvalue weighted by atomic mass is 10.0. The topological polar surface area (TPSA) is 55.2 Å². The molecule has 7 heteroatoms. The molecule has 0 saturated carbocycles. The van der Waals surface area contributed by atoms with Gasteiger partial charge in [-0.25, -0.2) is 4.98 Å². The first-order valence-corrected chi connectivity index (χ1v) is 10.2. The molecule has 1 fully saturated rings. The Kier molecular flexibility index (Phi) is 4.67. The number of carbonyl (C=O) groups excluding carboxylic acids is 1. The zero-order valence-electron chi connectivity index (χ0n) is 14.4. The van der Waals surface area contributed by atoms with Gasteiger partial charge in [0.05, 0.1) is 11.7 Å². The van der Waals surface area contributed by atoms with Crippen molar-refractivity contribution in [1.29, 1.82) is 0 Å². The van der Waals surface area contributed by atoms with Gasteiger partial charge in [-0.1, -0.05) is 28.1 Å². The van der Waals surface area contributed by atoms with E-state index < -0.39 is 0 Å². The van der Waals surface area contributed by atoms with Gasteiger partial charge in [0.25, 0.3) is 5.56 Å². The van der Waals surface area contributed by atoms with Gasteiger partial charge in [0.1, 0.15) is 11.4 Å². The quantitative estimate of drug-likeness (QED) is 0.633. The van der Waals surface area contributed by atoms with Gasteiger partial charge in [-0.15, -0.1) is 11.3 Å². The molecule has 4 rings (SSSR count). The molecule has 1 amide bonds. The SMILES string of the molecule is Cc1sc2ncn(CC(=O)N3CCCC3)c(=O)c2c1-c1cccc(Br)c1. The van der Waals surface area contributed by atoms with Gasteiger partial charge >= 0.3 is 0 Å². The molecule has 0 bridgehead atoms. The molecule has 134 valence electrons. The van der Waals surface area contributed by atoms with Gasteiger partial charge in [-0.2, -0.15) is 0 Å². The van der Waals surface area contributed by atoms with E-state index in [0.29, 0.717) is 10.2 Å². The van der Waals surface area contributed by atoms with E-state index in [1.54, 1.807) is 0 Å². The van der Waals surface area contributed by atoms with Gasteiger partial charge in [-0.3, -0.25) is 14.2 Å². The van der Waals surface area contributed by atoms with Crippen LogP contribution in [0, 0.1) is 6.92 Å². The third-order valence-electron chi connectivity index (χ3n) is 4.73. The highest BCUT2D eigenvalue weighted by atomic mass is 79.9. The first-order valence-electron chi connectivity index (χ1n) is 8.57. The van der Waals surface area contributed by atoms with Gasteiger partial charge in [0.15, 0.2) is 0 Å². The standard InChI is InChI=1S/C19H18BrN3O2S/c1-12-16(13-5-4-6-14(20)9-13)17-18(26-12)21-11-23(19(17)25)10-15(24)22-7-2-3-8-22/h4-6,9,11H,2-3,7-8,10H2,1H3. The highest BCUT2D eigenvalue weighted by Gasteiger charge is 2.21. The number of hydrogen-bond donors (Lipinski definition) is 0. The molecule has 5 nitrogen and oxygen atoms in total. The fourth-order valence-electron chi connectivity index (χ4n) is 3.45. The van der Waals surface area contributed by atoms with Crippen LogP contribution in [0.2, 0.25) is 0 Å². The summed E-state index contributed by atoms with van der Waals surface area (Å²) in [5.74, 6) is -0.0123. The summed E-state index contributed by atoms with van der Waals surface area (Å²) in [6.07, 6.45) is 3.57. The summed E-state index contributed by atoms with van der Waals surface area (Å²) >= 11 is 5.01. The number of aromatic nitrogens is 2. The van der Waals surface area contributed by atoms with Crippen molar-refractivity contribution in [3.8, 4) is 11.1 Å². The lowest BCUT2D eigenvalue weighted by Crippen LogP contribution is -2.34. The van der Waals surface area contributed by atoms with Crippen LogP contribution < -0.4 is 5.56 Å². The van der Waals surface area contributed by atoms with Crippen molar-refractivity contribution in [2.75, 3.05) is 13.1 Å². The van der Waals surface area contributed by atoms with Crippen molar-refractivity contribution in [2.45, 2.75) is 26.3 Å². The van der Waals surface area contributed by atoms with Crippen molar-refractivity contribution in [2.24, 2.45) is 0 Å². The summed E-state index contributed by atoms with van der Waals surface area (Å²) in [4.78, 5) is 33.6. The van der Waals surface area contributed by atoms with E-state index in [1.165, 1.54) is 22.2 Å².